The third-order valence-corrected chi connectivity index (χ3v) is 4.65. The summed E-state index contributed by atoms with van der Waals surface area (Å²) in [6.45, 7) is 1.50. The largest absolute Gasteiger partial charge is 0.395 e. The summed E-state index contributed by atoms with van der Waals surface area (Å²) in [5.74, 6) is 0. The first-order valence-corrected chi connectivity index (χ1v) is 7.61. The van der Waals surface area contributed by atoms with E-state index in [0.717, 1.165) is 0 Å². The highest BCUT2D eigenvalue weighted by Crippen LogP contribution is 2.22. The standard InChI is InChI=1S/C11H14ClN3O3S/c1-2-8(7-16)14-19(17,18)11-10(12)13-9-5-3-4-6-15(9)11/h3-6,8,14,16H,2,7H2,1H3/t8-/m1/s1. The van der Waals surface area contributed by atoms with Gasteiger partial charge in [0, 0.05) is 12.2 Å². The molecule has 2 aromatic rings. The number of rotatable bonds is 5. The van der Waals surface area contributed by atoms with Crippen LogP contribution in [0.25, 0.3) is 5.65 Å². The van der Waals surface area contributed by atoms with Crippen molar-refractivity contribution in [1.82, 2.24) is 14.1 Å². The molecule has 1 atom stereocenters. The molecule has 0 saturated heterocycles. The average Bonchev–Trinajstić information content (AvgIpc) is 2.72. The van der Waals surface area contributed by atoms with Gasteiger partial charge < -0.3 is 5.11 Å². The Bertz CT molecular complexity index is 680. The Hall–Kier alpha value is -1.15. The minimum atomic E-state index is -3.84. The lowest BCUT2D eigenvalue weighted by atomic mass is 10.3. The number of aromatic nitrogens is 2. The van der Waals surface area contributed by atoms with Gasteiger partial charge in [-0.3, -0.25) is 4.40 Å². The predicted octanol–water partition coefficient (Wildman–Crippen LogP) is 1.04. The Morgan fingerprint density at radius 3 is 2.89 bits per heavy atom. The molecule has 2 N–H and O–H groups in total. The normalized spacial score (nSPS) is 13.8. The number of aliphatic hydroxyl groups excluding tert-OH is 1. The number of nitrogens with one attached hydrogen (secondary N) is 1. The first kappa shape index (κ1) is 14.3. The maximum Gasteiger partial charge on any atom is 0.260 e. The molecule has 0 spiro atoms. The lowest BCUT2D eigenvalue weighted by Gasteiger charge is -2.14. The van der Waals surface area contributed by atoms with E-state index in [4.69, 9.17) is 16.7 Å². The van der Waals surface area contributed by atoms with E-state index in [-0.39, 0.29) is 16.8 Å². The van der Waals surface area contributed by atoms with Gasteiger partial charge in [0.2, 0.25) is 0 Å². The van der Waals surface area contributed by atoms with Crippen LogP contribution in [-0.4, -0.2) is 35.6 Å². The summed E-state index contributed by atoms with van der Waals surface area (Å²) >= 11 is 5.91. The second kappa shape index (κ2) is 5.46. The number of hydrogen-bond donors (Lipinski definition) is 2. The first-order chi connectivity index (χ1) is 8.99. The summed E-state index contributed by atoms with van der Waals surface area (Å²) in [6, 6.07) is 4.54. The summed E-state index contributed by atoms with van der Waals surface area (Å²) in [6.07, 6.45) is 2.05. The van der Waals surface area contributed by atoms with Crippen molar-refractivity contribution < 1.29 is 13.5 Å². The number of pyridine rings is 1. The summed E-state index contributed by atoms with van der Waals surface area (Å²) in [5, 5.41) is 8.88. The van der Waals surface area contributed by atoms with Gasteiger partial charge in [0.1, 0.15) is 5.65 Å². The maximum absolute atomic E-state index is 12.3. The molecular weight excluding hydrogens is 290 g/mol. The average molecular weight is 304 g/mol. The second-order valence-corrected chi connectivity index (χ2v) is 6.03. The van der Waals surface area contributed by atoms with Crippen molar-refractivity contribution >= 4 is 27.3 Å². The fourth-order valence-electron chi connectivity index (χ4n) is 1.71. The van der Waals surface area contributed by atoms with E-state index >= 15 is 0 Å². The highest BCUT2D eigenvalue weighted by Gasteiger charge is 2.26. The molecule has 0 bridgehead atoms. The molecule has 0 amide bonds. The Morgan fingerprint density at radius 1 is 1.53 bits per heavy atom. The van der Waals surface area contributed by atoms with Crippen molar-refractivity contribution in [2.75, 3.05) is 6.61 Å². The molecule has 0 radical (unpaired) electrons. The van der Waals surface area contributed by atoms with Crippen LogP contribution in [0.5, 0.6) is 0 Å². The fourth-order valence-corrected chi connectivity index (χ4v) is 3.66. The highest BCUT2D eigenvalue weighted by atomic mass is 35.5. The fraction of sp³-hybridized carbons (Fsp3) is 0.364. The van der Waals surface area contributed by atoms with Crippen LogP contribution in [0.2, 0.25) is 5.15 Å². The molecule has 0 aliphatic carbocycles. The van der Waals surface area contributed by atoms with Gasteiger partial charge in [-0.15, -0.1) is 0 Å². The molecule has 0 fully saturated rings. The predicted molar refractivity (Wildman–Crippen MR) is 71.7 cm³/mol. The number of sulfonamides is 1. The molecule has 2 rings (SSSR count). The second-order valence-electron chi connectivity index (χ2n) is 4.05. The third-order valence-electron chi connectivity index (χ3n) is 2.74. The lowest BCUT2D eigenvalue weighted by molar-refractivity contribution is 0.253. The number of halogens is 1. The van der Waals surface area contributed by atoms with E-state index in [0.29, 0.717) is 12.1 Å². The van der Waals surface area contributed by atoms with Crippen LogP contribution < -0.4 is 4.72 Å². The molecule has 19 heavy (non-hydrogen) atoms. The Balaban J connectivity index is 2.51. The van der Waals surface area contributed by atoms with E-state index < -0.39 is 16.1 Å². The number of aliphatic hydroxyl groups is 1. The highest BCUT2D eigenvalue weighted by molar-refractivity contribution is 7.89. The summed E-state index contributed by atoms with van der Waals surface area (Å²) < 4.78 is 28.4. The lowest BCUT2D eigenvalue weighted by Crippen LogP contribution is -2.37. The monoisotopic (exact) mass is 303 g/mol. The molecule has 0 aromatic carbocycles. The zero-order chi connectivity index (χ0) is 14.0. The van der Waals surface area contributed by atoms with Crippen LogP contribution in [0.15, 0.2) is 29.4 Å². The minimum Gasteiger partial charge on any atom is -0.395 e. The van der Waals surface area contributed by atoms with E-state index in [2.05, 4.69) is 9.71 Å². The van der Waals surface area contributed by atoms with Crippen molar-refractivity contribution in [1.29, 1.82) is 0 Å². The Labute approximate surface area is 116 Å². The summed E-state index contributed by atoms with van der Waals surface area (Å²) in [5.41, 5.74) is 0.449. The Morgan fingerprint density at radius 2 is 2.26 bits per heavy atom. The van der Waals surface area contributed by atoms with Crippen LogP contribution in [0.4, 0.5) is 0 Å². The molecular formula is C11H14ClN3O3S. The smallest absolute Gasteiger partial charge is 0.260 e. The zero-order valence-corrected chi connectivity index (χ0v) is 11.8. The van der Waals surface area contributed by atoms with E-state index in [9.17, 15) is 8.42 Å². The molecule has 0 aliphatic rings. The number of imidazole rings is 1. The van der Waals surface area contributed by atoms with Gasteiger partial charge in [0.15, 0.2) is 10.2 Å². The number of hydrogen-bond acceptors (Lipinski definition) is 4. The summed E-state index contributed by atoms with van der Waals surface area (Å²) in [7, 11) is -3.84. The van der Waals surface area contributed by atoms with Crippen LogP contribution in [0.1, 0.15) is 13.3 Å². The molecule has 0 unspecified atom stereocenters. The number of fused-ring (bicyclic) bond motifs is 1. The zero-order valence-electron chi connectivity index (χ0n) is 10.2. The topological polar surface area (TPSA) is 83.7 Å². The molecule has 2 aromatic heterocycles. The van der Waals surface area contributed by atoms with E-state index in [1.165, 1.54) is 4.40 Å². The van der Waals surface area contributed by atoms with Gasteiger partial charge in [-0.1, -0.05) is 24.6 Å². The van der Waals surface area contributed by atoms with Crippen molar-refractivity contribution in [3.8, 4) is 0 Å². The van der Waals surface area contributed by atoms with Gasteiger partial charge in [0.25, 0.3) is 10.0 Å². The molecule has 6 nitrogen and oxygen atoms in total. The van der Waals surface area contributed by atoms with Gasteiger partial charge in [-0.2, -0.15) is 0 Å². The van der Waals surface area contributed by atoms with Crippen molar-refractivity contribution in [2.45, 2.75) is 24.4 Å². The van der Waals surface area contributed by atoms with Crippen molar-refractivity contribution in [3.05, 3.63) is 29.5 Å². The molecule has 0 aliphatic heterocycles. The SMILES string of the molecule is CC[C@H](CO)NS(=O)(=O)c1c(Cl)nc2ccccn12. The molecule has 2 heterocycles. The van der Waals surface area contributed by atoms with Gasteiger partial charge >= 0.3 is 0 Å². The van der Waals surface area contributed by atoms with Crippen LogP contribution in [-0.2, 0) is 10.0 Å². The van der Waals surface area contributed by atoms with Crippen LogP contribution in [0, 0.1) is 0 Å². The van der Waals surface area contributed by atoms with Crippen molar-refractivity contribution in [3.63, 3.8) is 0 Å². The molecule has 8 heteroatoms. The van der Waals surface area contributed by atoms with Gasteiger partial charge in [0.05, 0.1) is 6.61 Å². The van der Waals surface area contributed by atoms with E-state index in [1.807, 2.05) is 0 Å². The quantitative estimate of drug-likeness (QED) is 0.864. The Kier molecular flexibility index (Phi) is 4.10. The molecule has 104 valence electrons. The summed E-state index contributed by atoms with van der Waals surface area (Å²) in [4.78, 5) is 3.99. The van der Waals surface area contributed by atoms with Crippen LogP contribution in [0.3, 0.4) is 0 Å². The van der Waals surface area contributed by atoms with Crippen molar-refractivity contribution in [2.24, 2.45) is 0 Å². The maximum atomic E-state index is 12.3. The number of nitrogens with zero attached hydrogens (tertiary/aromatic N) is 2. The van der Waals surface area contributed by atoms with Gasteiger partial charge in [-0.05, 0) is 18.6 Å². The molecule has 0 saturated carbocycles. The van der Waals surface area contributed by atoms with Crippen LogP contribution >= 0.6 is 11.6 Å². The van der Waals surface area contributed by atoms with E-state index in [1.54, 1.807) is 31.3 Å². The van der Waals surface area contributed by atoms with Gasteiger partial charge in [-0.25, -0.2) is 18.1 Å². The minimum absolute atomic E-state index is 0.0912. The third kappa shape index (κ3) is 2.74. The first-order valence-electron chi connectivity index (χ1n) is 5.75.